The van der Waals surface area contributed by atoms with Gasteiger partial charge in [0.1, 0.15) is 17.4 Å². The summed E-state index contributed by atoms with van der Waals surface area (Å²) in [6.07, 6.45) is 2.73. The summed E-state index contributed by atoms with van der Waals surface area (Å²) in [7, 11) is 0. The molecule has 144 valence electrons. The lowest BCUT2D eigenvalue weighted by Crippen LogP contribution is -2.44. The minimum Gasteiger partial charge on any atom is -0.480 e. The summed E-state index contributed by atoms with van der Waals surface area (Å²) < 4.78 is 11.3. The van der Waals surface area contributed by atoms with Crippen molar-refractivity contribution in [2.75, 3.05) is 0 Å². The molecule has 7 nitrogen and oxygen atoms in total. The molecule has 0 saturated heterocycles. The van der Waals surface area contributed by atoms with E-state index in [9.17, 15) is 14.4 Å². The third kappa shape index (κ3) is 3.67. The van der Waals surface area contributed by atoms with Crippen LogP contribution in [0.25, 0.3) is 11.0 Å². The number of aliphatic carboxylic acids is 1. The quantitative estimate of drug-likeness (QED) is 0.779. The number of hydrogen-bond acceptors (Lipinski definition) is 5. The molecule has 0 radical (unpaired) electrons. The number of carboxylic acid groups (broad SMARTS) is 1. The molecule has 2 N–H and O–H groups in total. The topological polar surface area (TPSA) is 106 Å². The molecule has 0 fully saturated rings. The third-order valence-corrected chi connectivity index (χ3v) is 4.99. The number of carbonyl (C=O) groups is 2. The summed E-state index contributed by atoms with van der Waals surface area (Å²) in [4.78, 5) is 35.3. The van der Waals surface area contributed by atoms with Crippen molar-refractivity contribution in [3.63, 3.8) is 0 Å². The summed E-state index contributed by atoms with van der Waals surface area (Å²) >= 11 is 0. The average molecular weight is 373 g/mol. The van der Waals surface area contributed by atoms with Crippen molar-refractivity contribution in [3.8, 4) is 5.75 Å². The first-order valence-electron chi connectivity index (χ1n) is 9.07. The van der Waals surface area contributed by atoms with Gasteiger partial charge in [-0.1, -0.05) is 0 Å². The Balaban J connectivity index is 1.90. The summed E-state index contributed by atoms with van der Waals surface area (Å²) in [6, 6.07) is 2.61. The Morgan fingerprint density at radius 2 is 1.85 bits per heavy atom. The van der Waals surface area contributed by atoms with Crippen LogP contribution in [0.4, 0.5) is 0 Å². The van der Waals surface area contributed by atoms with Gasteiger partial charge in [-0.05, 0) is 64.2 Å². The van der Waals surface area contributed by atoms with Crippen molar-refractivity contribution in [2.24, 2.45) is 0 Å². The van der Waals surface area contributed by atoms with Crippen LogP contribution in [0.5, 0.6) is 5.75 Å². The average Bonchev–Trinajstić information content (AvgIpc) is 2.64. The highest BCUT2D eigenvalue weighted by atomic mass is 16.5. The highest BCUT2D eigenvalue weighted by Crippen LogP contribution is 2.32. The maximum atomic E-state index is 12.3. The fourth-order valence-electron chi connectivity index (χ4n) is 3.39. The zero-order valence-electron chi connectivity index (χ0n) is 15.6. The first kappa shape index (κ1) is 18.9. The van der Waals surface area contributed by atoms with E-state index >= 15 is 0 Å². The largest absolute Gasteiger partial charge is 0.480 e. The summed E-state index contributed by atoms with van der Waals surface area (Å²) in [5.41, 5.74) is 2.62. The van der Waals surface area contributed by atoms with E-state index in [0.717, 1.165) is 42.2 Å². The Labute approximate surface area is 156 Å². The van der Waals surface area contributed by atoms with Gasteiger partial charge in [-0.25, -0.2) is 4.79 Å². The second-order valence-corrected chi connectivity index (χ2v) is 6.95. The summed E-state index contributed by atoms with van der Waals surface area (Å²) in [5, 5.41) is 12.2. The number of hydrogen-bond donors (Lipinski definition) is 2. The molecule has 1 heterocycles. The van der Waals surface area contributed by atoms with Crippen molar-refractivity contribution < 1.29 is 23.8 Å². The van der Waals surface area contributed by atoms with Crippen LogP contribution < -0.4 is 15.7 Å². The second kappa shape index (κ2) is 7.42. The standard InChI is InChI=1S/C20H23NO6/c1-10-16(26-12(3)18(22)21-11(2)19(23)24)9-8-14-13-6-4-5-7-15(13)20(25)27-17(10)14/h8-9,11-12H,4-7H2,1-3H3,(H,21,22)(H,23,24). The number of carboxylic acids is 1. The Morgan fingerprint density at radius 1 is 1.19 bits per heavy atom. The summed E-state index contributed by atoms with van der Waals surface area (Å²) in [6.45, 7) is 4.70. The zero-order chi connectivity index (χ0) is 19.7. The fourth-order valence-corrected chi connectivity index (χ4v) is 3.39. The molecule has 0 bridgehead atoms. The monoisotopic (exact) mass is 373 g/mol. The zero-order valence-corrected chi connectivity index (χ0v) is 15.6. The highest BCUT2D eigenvalue weighted by molar-refractivity contribution is 5.87. The van der Waals surface area contributed by atoms with Crippen molar-refractivity contribution in [1.29, 1.82) is 0 Å². The third-order valence-electron chi connectivity index (χ3n) is 4.99. The molecule has 27 heavy (non-hydrogen) atoms. The van der Waals surface area contributed by atoms with Crippen LogP contribution in [0.1, 0.15) is 43.4 Å². The number of nitrogens with one attached hydrogen (secondary N) is 1. The molecule has 1 aromatic carbocycles. The van der Waals surface area contributed by atoms with Gasteiger partial charge in [-0.2, -0.15) is 0 Å². The molecule has 1 aliphatic carbocycles. The second-order valence-electron chi connectivity index (χ2n) is 6.95. The number of ether oxygens (including phenoxy) is 1. The van der Waals surface area contributed by atoms with Crippen LogP contribution in [0.3, 0.4) is 0 Å². The van der Waals surface area contributed by atoms with Crippen LogP contribution in [0, 0.1) is 6.92 Å². The van der Waals surface area contributed by atoms with E-state index in [0.29, 0.717) is 16.9 Å². The van der Waals surface area contributed by atoms with E-state index in [1.807, 2.05) is 6.07 Å². The van der Waals surface area contributed by atoms with Gasteiger partial charge >= 0.3 is 11.6 Å². The Kier molecular flexibility index (Phi) is 5.21. The SMILES string of the molecule is Cc1c(OC(C)C(=O)NC(C)C(=O)O)ccc2c3c(c(=O)oc12)CCCC3. The van der Waals surface area contributed by atoms with Crippen LogP contribution in [-0.2, 0) is 22.4 Å². The van der Waals surface area contributed by atoms with Gasteiger partial charge in [0, 0.05) is 16.5 Å². The number of benzene rings is 1. The maximum absolute atomic E-state index is 12.3. The lowest BCUT2D eigenvalue weighted by atomic mass is 9.90. The number of fused-ring (bicyclic) bond motifs is 3. The summed E-state index contributed by atoms with van der Waals surface area (Å²) in [5.74, 6) is -1.23. The van der Waals surface area contributed by atoms with E-state index in [1.54, 1.807) is 13.0 Å². The highest BCUT2D eigenvalue weighted by Gasteiger charge is 2.23. The number of amides is 1. The van der Waals surface area contributed by atoms with E-state index in [2.05, 4.69) is 5.32 Å². The molecule has 0 aliphatic heterocycles. The molecule has 3 rings (SSSR count). The van der Waals surface area contributed by atoms with E-state index in [-0.39, 0.29) is 5.63 Å². The van der Waals surface area contributed by atoms with Gasteiger partial charge < -0.3 is 19.6 Å². The molecule has 1 aliphatic rings. The van der Waals surface area contributed by atoms with Crippen LogP contribution in [0.2, 0.25) is 0 Å². The first-order chi connectivity index (χ1) is 12.8. The molecule has 2 unspecified atom stereocenters. The molecule has 0 saturated carbocycles. The molecule has 0 spiro atoms. The number of carbonyl (C=O) groups excluding carboxylic acids is 1. The smallest absolute Gasteiger partial charge is 0.339 e. The van der Waals surface area contributed by atoms with E-state index in [1.165, 1.54) is 13.8 Å². The van der Waals surface area contributed by atoms with Gasteiger partial charge in [0.05, 0.1) is 0 Å². The van der Waals surface area contributed by atoms with Gasteiger partial charge in [0.15, 0.2) is 6.10 Å². The van der Waals surface area contributed by atoms with Gasteiger partial charge in [-0.3, -0.25) is 9.59 Å². The molecule has 1 aromatic heterocycles. The minimum absolute atomic E-state index is 0.307. The van der Waals surface area contributed by atoms with Crippen molar-refractivity contribution in [3.05, 3.63) is 39.2 Å². The minimum atomic E-state index is -1.12. The predicted molar refractivity (Wildman–Crippen MR) is 99.2 cm³/mol. The Morgan fingerprint density at radius 3 is 2.52 bits per heavy atom. The van der Waals surface area contributed by atoms with Gasteiger partial charge in [-0.15, -0.1) is 0 Å². The van der Waals surface area contributed by atoms with E-state index < -0.39 is 24.0 Å². The number of aryl methyl sites for hydroxylation is 2. The molecule has 7 heteroatoms. The van der Waals surface area contributed by atoms with Crippen molar-refractivity contribution in [1.82, 2.24) is 5.32 Å². The van der Waals surface area contributed by atoms with Crippen LogP contribution >= 0.6 is 0 Å². The normalized spacial score (nSPS) is 15.7. The lowest BCUT2D eigenvalue weighted by molar-refractivity contribution is -0.142. The predicted octanol–water partition coefficient (Wildman–Crippen LogP) is 2.34. The molecular formula is C20H23NO6. The van der Waals surface area contributed by atoms with E-state index in [4.69, 9.17) is 14.3 Å². The number of rotatable bonds is 5. The molecule has 2 atom stereocenters. The maximum Gasteiger partial charge on any atom is 0.339 e. The Bertz CT molecular complexity index is 961. The molecule has 1 amide bonds. The van der Waals surface area contributed by atoms with Gasteiger partial charge in [0.25, 0.3) is 5.91 Å². The van der Waals surface area contributed by atoms with Gasteiger partial charge in [0.2, 0.25) is 0 Å². The first-order valence-corrected chi connectivity index (χ1v) is 9.07. The lowest BCUT2D eigenvalue weighted by Gasteiger charge is -2.20. The van der Waals surface area contributed by atoms with Crippen LogP contribution in [-0.4, -0.2) is 29.1 Å². The van der Waals surface area contributed by atoms with Crippen LogP contribution in [0.15, 0.2) is 21.3 Å². The van der Waals surface area contributed by atoms with Crippen molar-refractivity contribution >= 4 is 22.8 Å². The van der Waals surface area contributed by atoms with Crippen molar-refractivity contribution in [2.45, 2.75) is 58.6 Å². The molecule has 2 aromatic rings. The molecular weight excluding hydrogens is 350 g/mol. The Hall–Kier alpha value is -2.83. The fraction of sp³-hybridized carbons (Fsp3) is 0.450.